The third-order valence-corrected chi connectivity index (χ3v) is 4.17. The lowest BCUT2D eigenvalue weighted by atomic mass is 9.90. The highest BCUT2D eigenvalue weighted by atomic mass is 16.2. The van der Waals surface area contributed by atoms with Gasteiger partial charge in [0.2, 0.25) is 0 Å². The fourth-order valence-electron chi connectivity index (χ4n) is 2.94. The van der Waals surface area contributed by atoms with Crippen LogP contribution in [-0.2, 0) is 6.42 Å². The Balaban J connectivity index is 1.57. The van der Waals surface area contributed by atoms with E-state index in [1.54, 1.807) is 4.90 Å². The monoisotopic (exact) mass is 297 g/mol. The number of nitrogens with zero attached hydrogens (tertiary/aromatic N) is 2. The number of hydrogen-bond acceptors (Lipinski definition) is 3. The van der Waals surface area contributed by atoms with Gasteiger partial charge >= 0.3 is 0 Å². The van der Waals surface area contributed by atoms with Gasteiger partial charge in [-0.15, -0.1) is 0 Å². The number of rotatable bonds is 3. The molecule has 1 N–H and O–H groups in total. The van der Waals surface area contributed by atoms with E-state index in [9.17, 15) is 9.59 Å². The van der Waals surface area contributed by atoms with Crippen LogP contribution in [0.1, 0.15) is 28.9 Å². The molecule has 2 heterocycles. The van der Waals surface area contributed by atoms with E-state index >= 15 is 0 Å². The molecule has 5 nitrogen and oxygen atoms in total. The molecule has 0 aliphatic carbocycles. The zero-order valence-corrected chi connectivity index (χ0v) is 12.4. The predicted octanol–water partition coefficient (Wildman–Crippen LogP) is 1.86. The summed E-state index contributed by atoms with van der Waals surface area (Å²) in [5.41, 5.74) is 1.28. The molecule has 0 spiro atoms. The number of carbonyl (C=O) groups excluding carboxylic acids is 1. The third-order valence-electron chi connectivity index (χ3n) is 4.17. The summed E-state index contributed by atoms with van der Waals surface area (Å²) in [5, 5.41) is 0. The molecule has 22 heavy (non-hydrogen) atoms. The van der Waals surface area contributed by atoms with Crippen LogP contribution in [-0.4, -0.2) is 33.9 Å². The summed E-state index contributed by atoms with van der Waals surface area (Å²) in [6.07, 6.45) is 4.32. The summed E-state index contributed by atoms with van der Waals surface area (Å²) in [6.45, 7) is 1.45. The van der Waals surface area contributed by atoms with E-state index in [0.29, 0.717) is 5.92 Å². The van der Waals surface area contributed by atoms with Gasteiger partial charge in [0.05, 0.1) is 6.33 Å². The molecule has 2 aromatic rings. The molecule has 1 aliphatic heterocycles. The Morgan fingerprint density at radius 2 is 1.95 bits per heavy atom. The van der Waals surface area contributed by atoms with Gasteiger partial charge in [0.1, 0.15) is 5.69 Å². The molecule has 1 aromatic heterocycles. The summed E-state index contributed by atoms with van der Waals surface area (Å²) in [4.78, 5) is 31.8. The number of aromatic amines is 1. The van der Waals surface area contributed by atoms with Gasteiger partial charge < -0.3 is 9.88 Å². The van der Waals surface area contributed by atoms with Gasteiger partial charge in [-0.1, -0.05) is 30.3 Å². The minimum atomic E-state index is -0.294. The van der Waals surface area contributed by atoms with E-state index in [4.69, 9.17) is 0 Å². The van der Waals surface area contributed by atoms with Crippen LogP contribution < -0.4 is 5.56 Å². The SMILES string of the molecule is O=C(c1cc(=O)[nH]cn1)N1CCC(Cc2ccccc2)CC1. The summed E-state index contributed by atoms with van der Waals surface area (Å²) < 4.78 is 0. The Morgan fingerprint density at radius 1 is 1.23 bits per heavy atom. The van der Waals surface area contributed by atoms with Gasteiger partial charge in [-0.2, -0.15) is 0 Å². The Morgan fingerprint density at radius 3 is 2.64 bits per heavy atom. The molecule has 1 amide bonds. The van der Waals surface area contributed by atoms with E-state index < -0.39 is 0 Å². The van der Waals surface area contributed by atoms with Gasteiger partial charge in [-0.3, -0.25) is 9.59 Å². The van der Waals surface area contributed by atoms with E-state index in [1.165, 1.54) is 18.0 Å². The van der Waals surface area contributed by atoms with Crippen molar-refractivity contribution in [3.05, 3.63) is 64.3 Å². The highest BCUT2D eigenvalue weighted by Gasteiger charge is 2.24. The molecule has 0 atom stereocenters. The summed E-state index contributed by atoms with van der Waals surface area (Å²) in [5.74, 6) is 0.461. The predicted molar refractivity (Wildman–Crippen MR) is 83.6 cm³/mol. The number of likely N-dealkylation sites (tertiary alicyclic amines) is 1. The molecule has 0 radical (unpaired) electrons. The lowest BCUT2D eigenvalue weighted by molar-refractivity contribution is 0.0684. The molecule has 1 saturated heterocycles. The van der Waals surface area contributed by atoms with Crippen molar-refractivity contribution in [2.24, 2.45) is 5.92 Å². The second-order valence-electron chi connectivity index (χ2n) is 5.72. The van der Waals surface area contributed by atoms with E-state index in [-0.39, 0.29) is 17.2 Å². The first-order valence-corrected chi connectivity index (χ1v) is 7.60. The fraction of sp³-hybridized carbons (Fsp3) is 0.353. The quantitative estimate of drug-likeness (QED) is 0.940. The van der Waals surface area contributed by atoms with Crippen molar-refractivity contribution >= 4 is 5.91 Å². The molecular formula is C17H19N3O2. The maximum Gasteiger partial charge on any atom is 0.272 e. The first-order chi connectivity index (χ1) is 10.7. The second kappa shape index (κ2) is 6.56. The van der Waals surface area contributed by atoms with Crippen LogP contribution in [0.4, 0.5) is 0 Å². The zero-order chi connectivity index (χ0) is 15.4. The number of piperidine rings is 1. The number of hydrogen-bond donors (Lipinski definition) is 1. The van der Waals surface area contributed by atoms with Crippen LogP contribution in [0, 0.1) is 5.92 Å². The van der Waals surface area contributed by atoms with E-state index in [2.05, 4.69) is 34.2 Å². The minimum Gasteiger partial charge on any atom is -0.337 e. The molecule has 5 heteroatoms. The molecule has 1 aromatic carbocycles. The molecule has 0 saturated carbocycles. The Labute approximate surface area is 129 Å². The first-order valence-electron chi connectivity index (χ1n) is 7.60. The summed E-state index contributed by atoms with van der Waals surface area (Å²) in [7, 11) is 0. The van der Waals surface area contributed by atoms with Crippen LogP contribution in [0.25, 0.3) is 0 Å². The van der Waals surface area contributed by atoms with Crippen LogP contribution >= 0.6 is 0 Å². The van der Waals surface area contributed by atoms with Crippen molar-refractivity contribution in [3.8, 4) is 0 Å². The standard InChI is InChI=1S/C17H19N3O2/c21-16-11-15(18-12-19-16)17(22)20-8-6-14(7-9-20)10-13-4-2-1-3-5-13/h1-5,11-12,14H,6-10H2,(H,18,19,21). The summed E-state index contributed by atoms with van der Waals surface area (Å²) in [6, 6.07) is 11.7. The van der Waals surface area contributed by atoms with Crippen LogP contribution in [0.15, 0.2) is 47.5 Å². The van der Waals surface area contributed by atoms with Crippen molar-refractivity contribution in [3.63, 3.8) is 0 Å². The Kier molecular flexibility index (Phi) is 4.32. The zero-order valence-electron chi connectivity index (χ0n) is 12.4. The number of amides is 1. The van der Waals surface area contributed by atoms with E-state index in [0.717, 1.165) is 32.4 Å². The average Bonchev–Trinajstić information content (AvgIpc) is 2.56. The smallest absolute Gasteiger partial charge is 0.272 e. The van der Waals surface area contributed by atoms with Crippen LogP contribution in [0.3, 0.4) is 0 Å². The molecular weight excluding hydrogens is 278 g/mol. The van der Waals surface area contributed by atoms with Crippen molar-refractivity contribution < 1.29 is 4.79 Å². The first kappa shape index (κ1) is 14.5. The second-order valence-corrected chi connectivity index (χ2v) is 5.72. The molecule has 3 rings (SSSR count). The number of carbonyl (C=O) groups is 1. The van der Waals surface area contributed by atoms with Gasteiger partial charge in [0, 0.05) is 19.2 Å². The van der Waals surface area contributed by atoms with Gasteiger partial charge in [-0.05, 0) is 30.7 Å². The van der Waals surface area contributed by atoms with Gasteiger partial charge in [0.25, 0.3) is 11.5 Å². The highest BCUT2D eigenvalue weighted by Crippen LogP contribution is 2.22. The topological polar surface area (TPSA) is 66.1 Å². The van der Waals surface area contributed by atoms with Crippen molar-refractivity contribution in [1.29, 1.82) is 0 Å². The van der Waals surface area contributed by atoms with Crippen LogP contribution in [0.2, 0.25) is 0 Å². The Hall–Kier alpha value is -2.43. The molecule has 0 bridgehead atoms. The van der Waals surface area contributed by atoms with Crippen molar-refractivity contribution in [2.45, 2.75) is 19.3 Å². The van der Waals surface area contributed by atoms with Crippen molar-refractivity contribution in [2.75, 3.05) is 13.1 Å². The number of aromatic nitrogens is 2. The van der Waals surface area contributed by atoms with E-state index in [1.807, 2.05) is 6.07 Å². The van der Waals surface area contributed by atoms with Gasteiger partial charge in [-0.25, -0.2) is 4.98 Å². The molecule has 1 fully saturated rings. The third kappa shape index (κ3) is 3.42. The maximum atomic E-state index is 12.3. The fourth-order valence-corrected chi connectivity index (χ4v) is 2.94. The largest absolute Gasteiger partial charge is 0.337 e. The number of H-pyrrole nitrogens is 1. The highest BCUT2D eigenvalue weighted by molar-refractivity contribution is 5.92. The lowest BCUT2D eigenvalue weighted by Crippen LogP contribution is -2.39. The minimum absolute atomic E-state index is 0.149. The van der Waals surface area contributed by atoms with Crippen LogP contribution in [0.5, 0.6) is 0 Å². The van der Waals surface area contributed by atoms with Gasteiger partial charge in [0.15, 0.2) is 0 Å². The number of benzene rings is 1. The average molecular weight is 297 g/mol. The Bertz CT molecular complexity index is 688. The molecule has 114 valence electrons. The molecule has 0 unspecified atom stereocenters. The molecule has 1 aliphatic rings. The number of nitrogens with one attached hydrogen (secondary N) is 1. The van der Waals surface area contributed by atoms with Crippen molar-refractivity contribution in [1.82, 2.24) is 14.9 Å². The summed E-state index contributed by atoms with van der Waals surface area (Å²) >= 11 is 0. The maximum absolute atomic E-state index is 12.3. The lowest BCUT2D eigenvalue weighted by Gasteiger charge is -2.31. The normalized spacial score (nSPS) is 15.7.